The molecule has 0 unspecified atom stereocenters. The van der Waals surface area contributed by atoms with E-state index in [9.17, 15) is 18.0 Å². The van der Waals surface area contributed by atoms with Crippen LogP contribution in [0.2, 0.25) is 0 Å². The fourth-order valence-electron chi connectivity index (χ4n) is 4.99. The number of ether oxygens (including phenoxy) is 1. The van der Waals surface area contributed by atoms with Crippen LogP contribution in [-0.2, 0) is 32.6 Å². The van der Waals surface area contributed by atoms with Crippen molar-refractivity contribution >= 4 is 27.5 Å². The van der Waals surface area contributed by atoms with Gasteiger partial charge in [-0.15, -0.1) is 0 Å². The summed E-state index contributed by atoms with van der Waals surface area (Å²) in [5.74, 6) is -0.0136. The van der Waals surface area contributed by atoms with E-state index in [0.29, 0.717) is 24.6 Å². The molecule has 0 aromatic heterocycles. The minimum Gasteiger partial charge on any atom is -0.494 e. The number of benzene rings is 4. The summed E-state index contributed by atoms with van der Waals surface area (Å²) in [6.07, 6.45) is 0.261. The van der Waals surface area contributed by atoms with Gasteiger partial charge in [0.2, 0.25) is 11.8 Å². The van der Waals surface area contributed by atoms with Crippen molar-refractivity contribution in [2.24, 2.45) is 5.92 Å². The Morgan fingerprint density at radius 3 is 2.00 bits per heavy atom. The summed E-state index contributed by atoms with van der Waals surface area (Å²) < 4.78 is 34.9. The van der Waals surface area contributed by atoms with Gasteiger partial charge >= 0.3 is 0 Å². The fraction of sp³-hybridized carbons (Fsp3) is 0.297. The molecule has 0 radical (unpaired) electrons. The highest BCUT2D eigenvalue weighted by molar-refractivity contribution is 7.92. The number of anilines is 1. The van der Waals surface area contributed by atoms with Crippen LogP contribution in [0.5, 0.6) is 5.75 Å². The van der Waals surface area contributed by atoms with E-state index < -0.39 is 28.5 Å². The first-order valence-corrected chi connectivity index (χ1v) is 17.0. The van der Waals surface area contributed by atoms with E-state index in [4.69, 9.17) is 4.74 Å². The average Bonchev–Trinajstić information content (AvgIpc) is 3.06. The summed E-state index contributed by atoms with van der Waals surface area (Å²) in [5, 5.41) is 3.01. The van der Waals surface area contributed by atoms with Crippen molar-refractivity contribution in [3.63, 3.8) is 0 Å². The van der Waals surface area contributed by atoms with Gasteiger partial charge in [0.25, 0.3) is 10.0 Å². The summed E-state index contributed by atoms with van der Waals surface area (Å²) in [4.78, 5) is 30.0. The van der Waals surface area contributed by atoms with Gasteiger partial charge in [0.15, 0.2) is 0 Å². The molecule has 0 heterocycles. The SMILES string of the molecule is CCOc1ccc(N(CC(=O)N(Cc2ccc(C)cc2)[C@@H](Cc2ccccc2)C(=O)NCC(C)C)S(=O)(=O)c2ccccc2)cc1. The van der Waals surface area contributed by atoms with Crippen LogP contribution >= 0.6 is 0 Å². The number of nitrogens with one attached hydrogen (secondary N) is 1. The number of carbonyl (C=O) groups excluding carboxylic acids is 2. The van der Waals surface area contributed by atoms with Crippen molar-refractivity contribution in [1.82, 2.24) is 10.2 Å². The van der Waals surface area contributed by atoms with Crippen LogP contribution in [0.25, 0.3) is 0 Å². The van der Waals surface area contributed by atoms with Gasteiger partial charge in [0.1, 0.15) is 18.3 Å². The van der Waals surface area contributed by atoms with Crippen LogP contribution in [0.1, 0.15) is 37.5 Å². The predicted octanol–water partition coefficient (Wildman–Crippen LogP) is 6.00. The average molecular weight is 642 g/mol. The van der Waals surface area contributed by atoms with Gasteiger partial charge in [0, 0.05) is 19.5 Å². The van der Waals surface area contributed by atoms with Gasteiger partial charge in [-0.25, -0.2) is 8.42 Å². The molecule has 4 aromatic carbocycles. The van der Waals surface area contributed by atoms with Crippen molar-refractivity contribution in [2.75, 3.05) is 24.0 Å². The molecule has 0 spiro atoms. The molecule has 0 fully saturated rings. The third-order valence-corrected chi connectivity index (χ3v) is 9.26. The molecular weight excluding hydrogens is 598 g/mol. The van der Waals surface area contributed by atoms with Crippen LogP contribution < -0.4 is 14.4 Å². The van der Waals surface area contributed by atoms with E-state index in [1.807, 2.05) is 82.3 Å². The minimum atomic E-state index is -4.17. The Kier molecular flexibility index (Phi) is 12.0. The summed E-state index contributed by atoms with van der Waals surface area (Å²) >= 11 is 0. The van der Waals surface area contributed by atoms with Crippen molar-refractivity contribution < 1.29 is 22.7 Å². The molecule has 2 amide bonds. The van der Waals surface area contributed by atoms with Crippen molar-refractivity contribution in [2.45, 2.75) is 51.6 Å². The first-order chi connectivity index (χ1) is 22.1. The Balaban J connectivity index is 1.78. The monoisotopic (exact) mass is 641 g/mol. The second-order valence-corrected chi connectivity index (χ2v) is 13.5. The molecule has 4 aromatic rings. The van der Waals surface area contributed by atoms with Gasteiger partial charge in [-0.05, 0) is 67.3 Å². The van der Waals surface area contributed by atoms with Crippen LogP contribution in [0.3, 0.4) is 0 Å². The summed E-state index contributed by atoms with van der Waals surface area (Å²) in [5.41, 5.74) is 3.08. The Bertz CT molecular complexity index is 1660. The lowest BCUT2D eigenvalue weighted by Crippen LogP contribution is -2.53. The highest BCUT2D eigenvalue weighted by Crippen LogP contribution is 2.27. The second-order valence-electron chi connectivity index (χ2n) is 11.6. The molecule has 0 bridgehead atoms. The molecule has 46 heavy (non-hydrogen) atoms. The maximum atomic E-state index is 14.5. The van der Waals surface area contributed by atoms with Crippen molar-refractivity contribution in [1.29, 1.82) is 0 Å². The summed E-state index contributed by atoms with van der Waals surface area (Å²) in [7, 11) is -4.17. The zero-order chi connectivity index (χ0) is 33.1. The lowest BCUT2D eigenvalue weighted by atomic mass is 10.0. The molecule has 1 atom stereocenters. The zero-order valence-electron chi connectivity index (χ0n) is 26.9. The standard InChI is InChI=1S/C37H43N3O5S/c1-5-45-33-22-20-32(21-23-33)40(46(43,44)34-14-10-7-11-15-34)27-36(41)39(26-31-18-16-29(4)17-19-31)35(37(42)38-25-28(2)3)24-30-12-8-6-9-13-30/h6-23,28,35H,5,24-27H2,1-4H3,(H,38,42)/t35-/m0/s1. The maximum absolute atomic E-state index is 14.5. The van der Waals surface area contributed by atoms with Crippen molar-refractivity contribution in [3.8, 4) is 5.75 Å². The van der Waals surface area contributed by atoms with Crippen molar-refractivity contribution in [3.05, 3.63) is 126 Å². The highest BCUT2D eigenvalue weighted by atomic mass is 32.2. The molecule has 8 nitrogen and oxygen atoms in total. The molecule has 0 aliphatic carbocycles. The summed E-state index contributed by atoms with van der Waals surface area (Å²) in [6.45, 7) is 8.36. The molecule has 0 saturated carbocycles. The summed E-state index contributed by atoms with van der Waals surface area (Å²) in [6, 6.07) is 31.0. The van der Waals surface area contributed by atoms with Gasteiger partial charge < -0.3 is 15.0 Å². The van der Waals surface area contributed by atoms with Crippen LogP contribution in [-0.4, -0.2) is 50.9 Å². The first kappa shape index (κ1) is 34.2. The van der Waals surface area contributed by atoms with Gasteiger partial charge in [-0.3, -0.25) is 13.9 Å². The lowest BCUT2D eigenvalue weighted by molar-refractivity contribution is -0.140. The molecule has 0 aliphatic rings. The Hall–Kier alpha value is -4.63. The Morgan fingerprint density at radius 1 is 0.804 bits per heavy atom. The quantitative estimate of drug-likeness (QED) is 0.172. The van der Waals surface area contributed by atoms with Crippen LogP contribution in [0, 0.1) is 12.8 Å². The van der Waals surface area contributed by atoms with E-state index in [2.05, 4.69) is 5.32 Å². The lowest BCUT2D eigenvalue weighted by Gasteiger charge is -2.34. The number of aryl methyl sites for hydroxylation is 1. The number of hydrogen-bond donors (Lipinski definition) is 1. The normalized spacial score (nSPS) is 11.9. The molecule has 0 saturated heterocycles. The zero-order valence-corrected chi connectivity index (χ0v) is 27.7. The molecule has 1 N–H and O–H groups in total. The Morgan fingerprint density at radius 2 is 1.41 bits per heavy atom. The number of nitrogens with zero attached hydrogens (tertiary/aromatic N) is 2. The topological polar surface area (TPSA) is 96.0 Å². The van der Waals surface area contributed by atoms with Gasteiger partial charge in [0.05, 0.1) is 17.2 Å². The smallest absolute Gasteiger partial charge is 0.264 e. The number of hydrogen-bond acceptors (Lipinski definition) is 5. The molecule has 0 aliphatic heterocycles. The van der Waals surface area contributed by atoms with Gasteiger partial charge in [-0.1, -0.05) is 92.2 Å². The van der Waals surface area contributed by atoms with E-state index >= 15 is 0 Å². The van der Waals surface area contributed by atoms with Crippen LogP contribution in [0.15, 0.2) is 114 Å². The maximum Gasteiger partial charge on any atom is 0.264 e. The van der Waals surface area contributed by atoms with E-state index in [1.165, 1.54) is 17.0 Å². The largest absolute Gasteiger partial charge is 0.494 e. The van der Waals surface area contributed by atoms with E-state index in [-0.39, 0.29) is 29.7 Å². The number of amides is 2. The number of rotatable bonds is 15. The molecular formula is C37H43N3O5S. The fourth-order valence-corrected chi connectivity index (χ4v) is 6.43. The molecule has 4 rings (SSSR count). The Labute approximate surface area is 273 Å². The number of sulfonamides is 1. The highest BCUT2D eigenvalue weighted by Gasteiger charge is 2.34. The molecule has 9 heteroatoms. The minimum absolute atomic E-state index is 0.0530. The van der Waals surface area contributed by atoms with E-state index in [1.54, 1.807) is 42.5 Å². The molecule has 242 valence electrons. The third-order valence-electron chi connectivity index (χ3n) is 7.47. The van der Waals surface area contributed by atoms with E-state index in [0.717, 1.165) is 21.0 Å². The first-order valence-electron chi connectivity index (χ1n) is 15.6. The predicted molar refractivity (Wildman–Crippen MR) is 182 cm³/mol. The third kappa shape index (κ3) is 9.20. The van der Waals surface area contributed by atoms with Crippen LogP contribution in [0.4, 0.5) is 5.69 Å². The second kappa shape index (κ2) is 16.1. The number of carbonyl (C=O) groups is 2. The van der Waals surface area contributed by atoms with Gasteiger partial charge in [-0.2, -0.15) is 0 Å².